The fraction of sp³-hybridized carbons (Fsp3) is 0.450. The molecule has 2 aromatic rings. The predicted molar refractivity (Wildman–Crippen MR) is 132 cm³/mol. The molecule has 0 radical (unpaired) electrons. The number of aromatic nitrogens is 1. The third-order valence-corrected chi connectivity index (χ3v) is 4.75. The molecule has 0 aliphatic heterocycles. The van der Waals surface area contributed by atoms with Gasteiger partial charge >= 0.3 is 6.03 Å². The smallest absolute Gasteiger partial charge is 0.319 e. The zero-order valence-electron chi connectivity index (χ0n) is 17.6. The van der Waals surface area contributed by atoms with Gasteiger partial charge in [-0.15, -0.1) is 35.3 Å². The average Bonchev–Trinajstić information content (AvgIpc) is 3.12. The molecule has 0 atom stereocenters. The Hall–Kier alpha value is -1.88. The van der Waals surface area contributed by atoms with Crippen LogP contribution in [0.1, 0.15) is 49.9 Å². The molecule has 0 aliphatic rings. The maximum Gasteiger partial charge on any atom is 0.319 e. The summed E-state index contributed by atoms with van der Waals surface area (Å²) in [6.07, 6.45) is 0. The summed E-state index contributed by atoms with van der Waals surface area (Å²) in [6.45, 7) is 9.41. The molecule has 160 valence electrons. The molecular formula is C20H31IN6OS. The lowest BCUT2D eigenvalue weighted by Crippen LogP contribution is -2.36. The molecule has 9 heteroatoms. The molecule has 0 aliphatic carbocycles. The highest BCUT2D eigenvalue weighted by atomic mass is 127. The Balaban J connectivity index is 0.00000420. The minimum absolute atomic E-state index is 0. The number of thiazole rings is 1. The number of hydrogen-bond donors (Lipinski definition) is 4. The van der Waals surface area contributed by atoms with E-state index in [0.29, 0.717) is 19.0 Å². The number of guanidine groups is 1. The minimum Gasteiger partial charge on any atom is -0.352 e. The number of carbonyl (C=O) groups is 1. The highest BCUT2D eigenvalue weighted by molar-refractivity contribution is 14.0. The van der Waals surface area contributed by atoms with Gasteiger partial charge in [-0.1, -0.05) is 26.0 Å². The summed E-state index contributed by atoms with van der Waals surface area (Å²) in [5.74, 6) is 1.16. The number of hydrogen-bond acceptors (Lipinski definition) is 4. The molecular weight excluding hydrogens is 499 g/mol. The van der Waals surface area contributed by atoms with Gasteiger partial charge in [0.1, 0.15) is 5.01 Å². The molecule has 1 heterocycles. The minimum atomic E-state index is -0.201. The zero-order valence-corrected chi connectivity index (χ0v) is 20.7. The van der Waals surface area contributed by atoms with Crippen LogP contribution in [0.5, 0.6) is 0 Å². The summed E-state index contributed by atoms with van der Waals surface area (Å²) < 4.78 is 0. The number of benzene rings is 1. The van der Waals surface area contributed by atoms with Gasteiger partial charge in [0.15, 0.2) is 5.96 Å². The SMILES string of the molecule is CN=C(NCc1ccc(NC(=O)NC(C)C)cc1)NCc1nc(C(C)C)cs1.I. The predicted octanol–water partition coefficient (Wildman–Crippen LogP) is 4.28. The summed E-state index contributed by atoms with van der Waals surface area (Å²) >= 11 is 1.66. The maximum absolute atomic E-state index is 11.7. The van der Waals surface area contributed by atoms with Crippen molar-refractivity contribution in [3.8, 4) is 0 Å². The van der Waals surface area contributed by atoms with E-state index in [0.717, 1.165) is 27.9 Å². The highest BCUT2D eigenvalue weighted by Gasteiger charge is 2.07. The first kappa shape index (κ1) is 25.2. The molecule has 0 saturated heterocycles. The molecule has 0 unspecified atom stereocenters. The van der Waals surface area contributed by atoms with Gasteiger partial charge in [0.25, 0.3) is 0 Å². The van der Waals surface area contributed by atoms with E-state index in [-0.39, 0.29) is 36.0 Å². The summed E-state index contributed by atoms with van der Waals surface area (Å²) in [5, 5.41) is 15.3. The number of anilines is 1. The second-order valence-corrected chi connectivity index (χ2v) is 7.99. The van der Waals surface area contributed by atoms with Crippen LogP contribution in [0.3, 0.4) is 0 Å². The fourth-order valence-corrected chi connectivity index (χ4v) is 3.27. The summed E-state index contributed by atoms with van der Waals surface area (Å²) in [6, 6.07) is 7.62. The fourth-order valence-electron chi connectivity index (χ4n) is 2.37. The van der Waals surface area contributed by atoms with Gasteiger partial charge in [-0.2, -0.15) is 0 Å². The van der Waals surface area contributed by atoms with Crippen molar-refractivity contribution in [2.45, 2.75) is 52.7 Å². The van der Waals surface area contributed by atoms with E-state index < -0.39 is 0 Å². The molecule has 7 nitrogen and oxygen atoms in total. The Bertz CT molecular complexity index is 789. The van der Waals surface area contributed by atoms with Crippen molar-refractivity contribution in [2.75, 3.05) is 12.4 Å². The van der Waals surface area contributed by atoms with Crippen molar-refractivity contribution >= 4 is 53.0 Å². The summed E-state index contributed by atoms with van der Waals surface area (Å²) in [7, 11) is 1.75. The number of carbonyl (C=O) groups excluding carboxylic acids is 1. The number of halogens is 1. The zero-order chi connectivity index (χ0) is 20.5. The average molecular weight is 530 g/mol. The van der Waals surface area contributed by atoms with Gasteiger partial charge in [-0.25, -0.2) is 9.78 Å². The van der Waals surface area contributed by atoms with Crippen molar-refractivity contribution in [2.24, 2.45) is 4.99 Å². The monoisotopic (exact) mass is 530 g/mol. The molecule has 0 spiro atoms. The molecule has 4 N–H and O–H groups in total. The molecule has 0 fully saturated rings. The standard InChI is InChI=1S/C20H30N6OS.HI/c1-13(2)17-12-28-18(26-17)11-23-19(21-5)22-10-15-6-8-16(9-7-15)25-20(27)24-14(3)4;/h6-9,12-14H,10-11H2,1-5H3,(H2,21,22,23)(H2,24,25,27);1H. The van der Waals surface area contributed by atoms with Crippen LogP contribution in [0.15, 0.2) is 34.6 Å². The van der Waals surface area contributed by atoms with Crippen LogP contribution in [0.25, 0.3) is 0 Å². The number of rotatable bonds is 7. The van der Waals surface area contributed by atoms with E-state index in [9.17, 15) is 4.79 Å². The first-order valence-electron chi connectivity index (χ1n) is 9.42. The molecule has 1 aromatic carbocycles. The lowest BCUT2D eigenvalue weighted by Gasteiger charge is -2.12. The molecule has 0 saturated carbocycles. The molecule has 29 heavy (non-hydrogen) atoms. The van der Waals surface area contributed by atoms with Gasteiger partial charge < -0.3 is 21.3 Å². The van der Waals surface area contributed by atoms with Crippen molar-refractivity contribution in [1.29, 1.82) is 0 Å². The van der Waals surface area contributed by atoms with Crippen molar-refractivity contribution in [1.82, 2.24) is 20.9 Å². The van der Waals surface area contributed by atoms with Gasteiger partial charge in [-0.3, -0.25) is 4.99 Å². The largest absolute Gasteiger partial charge is 0.352 e. The van der Waals surface area contributed by atoms with E-state index in [1.165, 1.54) is 0 Å². The Kier molecular flexibility index (Phi) is 11.0. The first-order valence-corrected chi connectivity index (χ1v) is 10.3. The highest BCUT2D eigenvalue weighted by Crippen LogP contribution is 2.17. The number of nitrogens with zero attached hydrogens (tertiary/aromatic N) is 2. The summed E-state index contributed by atoms with van der Waals surface area (Å²) in [5.41, 5.74) is 2.98. The normalized spacial score (nSPS) is 11.2. The van der Waals surface area contributed by atoms with Crippen LogP contribution in [0.4, 0.5) is 10.5 Å². The first-order chi connectivity index (χ1) is 13.4. The topological polar surface area (TPSA) is 90.4 Å². The van der Waals surface area contributed by atoms with Gasteiger partial charge in [0, 0.05) is 30.7 Å². The second-order valence-electron chi connectivity index (χ2n) is 7.05. The van der Waals surface area contributed by atoms with Crippen LogP contribution in [-0.4, -0.2) is 30.1 Å². The quantitative estimate of drug-likeness (QED) is 0.245. The van der Waals surface area contributed by atoms with Crippen LogP contribution >= 0.6 is 35.3 Å². The number of aliphatic imine (C=N–C) groups is 1. The van der Waals surface area contributed by atoms with Crippen molar-refractivity contribution in [3.63, 3.8) is 0 Å². The third-order valence-electron chi connectivity index (χ3n) is 3.88. The van der Waals surface area contributed by atoms with Crippen LogP contribution in [0.2, 0.25) is 0 Å². The van der Waals surface area contributed by atoms with Crippen LogP contribution in [-0.2, 0) is 13.1 Å². The van der Waals surface area contributed by atoms with Crippen LogP contribution in [0, 0.1) is 0 Å². The van der Waals surface area contributed by atoms with Gasteiger partial charge in [0.2, 0.25) is 0 Å². The van der Waals surface area contributed by atoms with Gasteiger partial charge in [0.05, 0.1) is 12.2 Å². The molecule has 1 aromatic heterocycles. The molecule has 2 rings (SSSR count). The van der Waals surface area contributed by atoms with Crippen LogP contribution < -0.4 is 21.3 Å². The van der Waals surface area contributed by atoms with Crippen molar-refractivity contribution in [3.05, 3.63) is 45.9 Å². The Morgan fingerprint density at radius 2 is 1.76 bits per heavy atom. The lowest BCUT2D eigenvalue weighted by atomic mass is 10.2. The molecule has 2 amide bonds. The molecule has 0 bridgehead atoms. The Morgan fingerprint density at radius 1 is 1.10 bits per heavy atom. The number of urea groups is 1. The lowest BCUT2D eigenvalue weighted by molar-refractivity contribution is 0.250. The maximum atomic E-state index is 11.7. The Morgan fingerprint density at radius 3 is 2.31 bits per heavy atom. The van der Waals surface area contributed by atoms with E-state index in [1.807, 2.05) is 38.1 Å². The van der Waals surface area contributed by atoms with E-state index in [4.69, 9.17) is 0 Å². The van der Waals surface area contributed by atoms with E-state index in [1.54, 1.807) is 18.4 Å². The second kappa shape index (κ2) is 12.6. The summed E-state index contributed by atoms with van der Waals surface area (Å²) in [4.78, 5) is 20.6. The van der Waals surface area contributed by atoms with Crippen molar-refractivity contribution < 1.29 is 4.79 Å². The van der Waals surface area contributed by atoms with Gasteiger partial charge in [-0.05, 0) is 37.5 Å². The van der Waals surface area contributed by atoms with E-state index >= 15 is 0 Å². The van der Waals surface area contributed by atoms with E-state index in [2.05, 4.69) is 50.5 Å². The number of amides is 2. The third kappa shape index (κ3) is 8.99. The Labute approximate surface area is 194 Å². The number of nitrogens with one attached hydrogen (secondary N) is 4.